The number of amides is 2. The first-order chi connectivity index (χ1) is 9.07. The summed E-state index contributed by atoms with van der Waals surface area (Å²) in [4.78, 5) is 22.8. The Kier molecular flexibility index (Phi) is 5.51. The molecule has 1 heterocycles. The van der Waals surface area contributed by atoms with Gasteiger partial charge in [0.1, 0.15) is 9.84 Å². The standard InChI is InChI=1S/C10H18N2O6S2/c1-19(15,16)4-3-9(13)11-6-10(14)12-8-2-5-20(17,18)7-8/h8H,2-7H2,1H3,(H,11,13)(H,12,14). The molecule has 20 heavy (non-hydrogen) atoms. The number of carbonyl (C=O) groups is 2. The lowest BCUT2D eigenvalue weighted by atomic mass is 10.2. The molecule has 0 spiro atoms. The topological polar surface area (TPSA) is 126 Å². The molecule has 0 bridgehead atoms. The fourth-order valence-corrected chi connectivity index (χ4v) is 3.96. The summed E-state index contributed by atoms with van der Waals surface area (Å²) < 4.78 is 44.1. The Morgan fingerprint density at radius 2 is 1.90 bits per heavy atom. The summed E-state index contributed by atoms with van der Waals surface area (Å²) >= 11 is 0. The van der Waals surface area contributed by atoms with E-state index in [4.69, 9.17) is 0 Å². The highest BCUT2D eigenvalue weighted by Gasteiger charge is 2.28. The van der Waals surface area contributed by atoms with Crippen molar-refractivity contribution in [3.05, 3.63) is 0 Å². The Morgan fingerprint density at radius 3 is 2.40 bits per heavy atom. The minimum absolute atomic E-state index is 0.0542. The maximum Gasteiger partial charge on any atom is 0.239 e. The normalized spacial score (nSPS) is 21.4. The number of carbonyl (C=O) groups excluding carboxylic acids is 2. The van der Waals surface area contributed by atoms with Crippen molar-refractivity contribution in [1.29, 1.82) is 0 Å². The fourth-order valence-electron chi connectivity index (χ4n) is 1.73. The minimum atomic E-state index is -3.22. The van der Waals surface area contributed by atoms with Crippen molar-refractivity contribution in [2.75, 3.05) is 30.1 Å². The van der Waals surface area contributed by atoms with Gasteiger partial charge in [-0.2, -0.15) is 0 Å². The Morgan fingerprint density at radius 1 is 1.25 bits per heavy atom. The summed E-state index contributed by atoms with van der Waals surface area (Å²) in [5.74, 6) is -1.33. The number of nitrogens with one attached hydrogen (secondary N) is 2. The van der Waals surface area contributed by atoms with Crippen molar-refractivity contribution in [2.24, 2.45) is 0 Å². The maximum atomic E-state index is 11.5. The molecule has 0 aliphatic carbocycles. The second kappa shape index (κ2) is 6.53. The maximum absolute atomic E-state index is 11.5. The largest absolute Gasteiger partial charge is 0.351 e. The average Bonchev–Trinajstić information content (AvgIpc) is 2.62. The molecule has 1 fully saturated rings. The summed E-state index contributed by atoms with van der Waals surface area (Å²) in [7, 11) is -6.28. The molecule has 116 valence electrons. The minimum Gasteiger partial charge on any atom is -0.351 e. The molecule has 10 heteroatoms. The lowest BCUT2D eigenvalue weighted by molar-refractivity contribution is -0.126. The van der Waals surface area contributed by atoms with Crippen LogP contribution in [-0.4, -0.2) is 64.8 Å². The first-order valence-corrected chi connectivity index (χ1v) is 9.90. The molecule has 2 N–H and O–H groups in total. The van der Waals surface area contributed by atoms with E-state index in [2.05, 4.69) is 10.6 Å². The monoisotopic (exact) mass is 326 g/mol. The highest BCUT2D eigenvalue weighted by atomic mass is 32.2. The van der Waals surface area contributed by atoms with Crippen molar-refractivity contribution < 1.29 is 26.4 Å². The summed E-state index contributed by atoms with van der Waals surface area (Å²) in [6, 6.07) is -0.416. The van der Waals surface area contributed by atoms with E-state index in [-0.39, 0.29) is 30.2 Å². The molecule has 1 unspecified atom stereocenters. The summed E-state index contributed by atoms with van der Waals surface area (Å²) in [6.07, 6.45) is 1.19. The first-order valence-electron chi connectivity index (χ1n) is 6.02. The molecule has 1 rings (SSSR count). The predicted molar refractivity (Wildman–Crippen MR) is 72.5 cm³/mol. The highest BCUT2D eigenvalue weighted by molar-refractivity contribution is 7.91. The second-order valence-corrected chi connectivity index (χ2v) is 9.31. The van der Waals surface area contributed by atoms with Crippen LogP contribution in [-0.2, 0) is 29.3 Å². The lowest BCUT2D eigenvalue weighted by Gasteiger charge is -2.11. The highest BCUT2D eigenvalue weighted by Crippen LogP contribution is 2.10. The van der Waals surface area contributed by atoms with Gasteiger partial charge in [-0.3, -0.25) is 9.59 Å². The van der Waals surface area contributed by atoms with Gasteiger partial charge in [0.25, 0.3) is 0 Å². The predicted octanol–water partition coefficient (Wildman–Crippen LogP) is -2.16. The van der Waals surface area contributed by atoms with Gasteiger partial charge in [-0.05, 0) is 6.42 Å². The number of hydrogen-bond acceptors (Lipinski definition) is 6. The van der Waals surface area contributed by atoms with Crippen LogP contribution < -0.4 is 10.6 Å². The molecule has 2 amide bonds. The zero-order valence-electron chi connectivity index (χ0n) is 11.1. The summed E-state index contributed by atoms with van der Waals surface area (Å²) in [6.45, 7) is -0.293. The van der Waals surface area contributed by atoms with Crippen LogP contribution in [0.5, 0.6) is 0 Å². The smallest absolute Gasteiger partial charge is 0.239 e. The third-order valence-corrected chi connectivity index (χ3v) is 5.46. The number of rotatable bonds is 6. The van der Waals surface area contributed by atoms with Crippen LogP contribution in [0.2, 0.25) is 0 Å². The lowest BCUT2D eigenvalue weighted by Crippen LogP contribution is -2.42. The quantitative estimate of drug-likeness (QED) is 0.572. The summed E-state index contributed by atoms with van der Waals surface area (Å²) in [5, 5.41) is 4.80. The van der Waals surface area contributed by atoms with Crippen LogP contribution >= 0.6 is 0 Å². The number of hydrogen-bond donors (Lipinski definition) is 2. The fraction of sp³-hybridized carbons (Fsp3) is 0.800. The molecule has 0 saturated carbocycles. The van der Waals surface area contributed by atoms with Gasteiger partial charge in [0, 0.05) is 18.7 Å². The van der Waals surface area contributed by atoms with E-state index in [1.54, 1.807) is 0 Å². The van der Waals surface area contributed by atoms with Crippen LogP contribution in [0.25, 0.3) is 0 Å². The van der Waals surface area contributed by atoms with Gasteiger partial charge in [-0.15, -0.1) is 0 Å². The molecule has 0 aromatic carbocycles. The molecule has 1 aliphatic rings. The van der Waals surface area contributed by atoms with Gasteiger partial charge in [-0.25, -0.2) is 16.8 Å². The van der Waals surface area contributed by atoms with E-state index in [1.165, 1.54) is 0 Å². The number of sulfone groups is 2. The van der Waals surface area contributed by atoms with Gasteiger partial charge < -0.3 is 10.6 Å². The van der Waals surface area contributed by atoms with Gasteiger partial charge in [0.2, 0.25) is 11.8 Å². The SMILES string of the molecule is CS(=O)(=O)CCC(=O)NCC(=O)NC1CCS(=O)(=O)C1. The van der Waals surface area contributed by atoms with Crippen molar-refractivity contribution in [3.8, 4) is 0 Å². The van der Waals surface area contributed by atoms with Gasteiger partial charge in [-0.1, -0.05) is 0 Å². The molecular weight excluding hydrogens is 308 g/mol. The van der Waals surface area contributed by atoms with Crippen LogP contribution in [0.1, 0.15) is 12.8 Å². The molecule has 0 radical (unpaired) electrons. The van der Waals surface area contributed by atoms with Gasteiger partial charge >= 0.3 is 0 Å². The van der Waals surface area contributed by atoms with Gasteiger partial charge in [0.05, 0.1) is 23.8 Å². The Bertz CT molecular complexity index is 581. The molecule has 0 aromatic rings. The Balaban J connectivity index is 2.25. The van der Waals surface area contributed by atoms with Crippen LogP contribution in [0.4, 0.5) is 0 Å². The van der Waals surface area contributed by atoms with E-state index in [1.807, 2.05) is 0 Å². The van der Waals surface area contributed by atoms with Crippen LogP contribution in [0.15, 0.2) is 0 Å². The zero-order chi connectivity index (χ0) is 15.4. The van der Waals surface area contributed by atoms with Crippen molar-refractivity contribution in [2.45, 2.75) is 18.9 Å². The zero-order valence-corrected chi connectivity index (χ0v) is 12.7. The van der Waals surface area contributed by atoms with E-state index in [0.717, 1.165) is 6.26 Å². The third-order valence-electron chi connectivity index (χ3n) is 2.74. The molecule has 1 atom stereocenters. The van der Waals surface area contributed by atoms with Crippen LogP contribution in [0, 0.1) is 0 Å². The van der Waals surface area contributed by atoms with E-state index in [9.17, 15) is 26.4 Å². The molecule has 1 saturated heterocycles. The Labute approximate surface area is 118 Å². The second-order valence-electron chi connectivity index (χ2n) is 4.82. The Hall–Kier alpha value is -1.16. The molecule has 1 aliphatic heterocycles. The van der Waals surface area contributed by atoms with E-state index in [0.29, 0.717) is 6.42 Å². The van der Waals surface area contributed by atoms with Crippen LogP contribution in [0.3, 0.4) is 0 Å². The van der Waals surface area contributed by atoms with E-state index >= 15 is 0 Å². The molecule has 8 nitrogen and oxygen atoms in total. The van der Waals surface area contributed by atoms with Gasteiger partial charge in [0.15, 0.2) is 9.84 Å². The third kappa shape index (κ3) is 6.85. The molecule has 0 aromatic heterocycles. The average molecular weight is 326 g/mol. The summed E-state index contributed by atoms with van der Waals surface area (Å²) in [5.41, 5.74) is 0. The first kappa shape index (κ1) is 16.9. The molecular formula is C10H18N2O6S2. The van der Waals surface area contributed by atoms with Crippen molar-refractivity contribution in [3.63, 3.8) is 0 Å². The van der Waals surface area contributed by atoms with Crippen molar-refractivity contribution >= 4 is 31.5 Å². The van der Waals surface area contributed by atoms with Crippen molar-refractivity contribution in [1.82, 2.24) is 10.6 Å². The van der Waals surface area contributed by atoms with E-state index < -0.39 is 37.5 Å².